The summed E-state index contributed by atoms with van der Waals surface area (Å²) in [5.41, 5.74) is 3.93. The molecule has 3 heteroatoms. The second kappa shape index (κ2) is 7.01. The molecule has 0 spiro atoms. The molecular formula is C18H22O2S. The van der Waals surface area contributed by atoms with Gasteiger partial charge in [0.15, 0.2) is 0 Å². The second-order valence-corrected chi connectivity index (χ2v) is 6.42. The quantitative estimate of drug-likeness (QED) is 0.824. The monoisotopic (exact) mass is 302 g/mol. The van der Waals surface area contributed by atoms with Crippen molar-refractivity contribution >= 4 is 11.8 Å². The van der Waals surface area contributed by atoms with Crippen LogP contribution >= 0.6 is 11.8 Å². The van der Waals surface area contributed by atoms with Gasteiger partial charge in [-0.3, -0.25) is 0 Å². The Hall–Kier alpha value is -1.45. The molecule has 1 unspecified atom stereocenters. The Morgan fingerprint density at radius 1 is 1.10 bits per heavy atom. The Balaban J connectivity index is 2.31. The number of aryl methyl sites for hydroxylation is 2. The molecule has 0 saturated carbocycles. The van der Waals surface area contributed by atoms with Crippen LogP contribution in [-0.4, -0.2) is 18.0 Å². The molecule has 2 rings (SSSR count). The number of hydrogen-bond donors (Lipinski definition) is 1. The van der Waals surface area contributed by atoms with E-state index in [1.165, 1.54) is 4.90 Å². The fraction of sp³-hybridized carbons (Fsp3) is 0.333. The van der Waals surface area contributed by atoms with Gasteiger partial charge in [0.2, 0.25) is 0 Å². The van der Waals surface area contributed by atoms with E-state index < -0.39 is 6.10 Å². The van der Waals surface area contributed by atoms with E-state index in [2.05, 4.69) is 19.1 Å². The lowest BCUT2D eigenvalue weighted by atomic mass is 9.95. The molecule has 0 amide bonds. The first kappa shape index (κ1) is 15.9. The molecule has 0 aromatic heterocycles. The van der Waals surface area contributed by atoms with Crippen molar-refractivity contribution in [3.8, 4) is 5.75 Å². The smallest absolute Gasteiger partial charge is 0.122 e. The van der Waals surface area contributed by atoms with Crippen LogP contribution in [0.3, 0.4) is 0 Å². The highest BCUT2D eigenvalue weighted by atomic mass is 32.2. The topological polar surface area (TPSA) is 29.5 Å². The third-order valence-electron chi connectivity index (χ3n) is 3.58. The van der Waals surface area contributed by atoms with Crippen molar-refractivity contribution in [1.82, 2.24) is 0 Å². The Labute approximate surface area is 131 Å². The van der Waals surface area contributed by atoms with Crippen LogP contribution in [0.25, 0.3) is 0 Å². The predicted octanol–water partition coefficient (Wildman–Crippen LogP) is 4.51. The molecule has 0 radical (unpaired) electrons. The largest absolute Gasteiger partial charge is 0.496 e. The van der Waals surface area contributed by atoms with Crippen LogP contribution in [-0.2, 0) is 0 Å². The summed E-state index contributed by atoms with van der Waals surface area (Å²) in [6.45, 7) is 6.13. The molecule has 0 aliphatic rings. The normalized spacial score (nSPS) is 12.2. The SMILES string of the molecule is CCSc1ccc(C(O)c2cc(C)c(OC)cc2C)cc1. The van der Waals surface area contributed by atoms with Crippen LogP contribution < -0.4 is 4.74 Å². The maximum atomic E-state index is 10.6. The van der Waals surface area contributed by atoms with Gasteiger partial charge in [0, 0.05) is 4.90 Å². The van der Waals surface area contributed by atoms with Gasteiger partial charge in [-0.15, -0.1) is 11.8 Å². The lowest BCUT2D eigenvalue weighted by molar-refractivity contribution is 0.219. The molecule has 2 nitrogen and oxygen atoms in total. The zero-order chi connectivity index (χ0) is 15.4. The Morgan fingerprint density at radius 3 is 2.33 bits per heavy atom. The molecule has 0 fully saturated rings. The highest BCUT2D eigenvalue weighted by Gasteiger charge is 2.15. The number of rotatable bonds is 5. The van der Waals surface area contributed by atoms with Gasteiger partial charge < -0.3 is 9.84 Å². The highest BCUT2D eigenvalue weighted by Crippen LogP contribution is 2.31. The number of ether oxygens (including phenoxy) is 1. The maximum Gasteiger partial charge on any atom is 0.122 e. The summed E-state index contributed by atoms with van der Waals surface area (Å²) >= 11 is 1.80. The fourth-order valence-electron chi connectivity index (χ4n) is 2.42. The summed E-state index contributed by atoms with van der Waals surface area (Å²) in [5, 5.41) is 10.6. The van der Waals surface area contributed by atoms with Crippen LogP contribution in [0.2, 0.25) is 0 Å². The maximum absolute atomic E-state index is 10.6. The van der Waals surface area contributed by atoms with Crippen molar-refractivity contribution in [3.05, 3.63) is 58.7 Å². The Morgan fingerprint density at radius 2 is 1.76 bits per heavy atom. The number of aliphatic hydroxyl groups excluding tert-OH is 1. The number of thioether (sulfide) groups is 1. The van der Waals surface area contributed by atoms with E-state index >= 15 is 0 Å². The van der Waals surface area contributed by atoms with E-state index in [-0.39, 0.29) is 0 Å². The minimum Gasteiger partial charge on any atom is -0.496 e. The number of hydrogen-bond acceptors (Lipinski definition) is 3. The van der Waals surface area contributed by atoms with Crippen LogP contribution in [0, 0.1) is 13.8 Å². The summed E-state index contributed by atoms with van der Waals surface area (Å²) < 4.78 is 5.32. The molecule has 1 atom stereocenters. The van der Waals surface area contributed by atoms with Gasteiger partial charge in [-0.05, 0) is 66.1 Å². The highest BCUT2D eigenvalue weighted by molar-refractivity contribution is 7.99. The summed E-state index contributed by atoms with van der Waals surface area (Å²) in [7, 11) is 1.67. The third-order valence-corrected chi connectivity index (χ3v) is 4.48. The van der Waals surface area contributed by atoms with Crippen molar-refractivity contribution in [1.29, 1.82) is 0 Å². The first-order valence-corrected chi connectivity index (χ1v) is 8.11. The zero-order valence-corrected chi connectivity index (χ0v) is 13.8. The van der Waals surface area contributed by atoms with Crippen LogP contribution in [0.1, 0.15) is 35.3 Å². The summed E-state index contributed by atoms with van der Waals surface area (Å²) in [4.78, 5) is 1.23. The second-order valence-electron chi connectivity index (χ2n) is 5.08. The van der Waals surface area contributed by atoms with Crippen molar-refractivity contribution in [2.45, 2.75) is 31.8 Å². The van der Waals surface area contributed by atoms with E-state index in [1.807, 2.05) is 38.1 Å². The van der Waals surface area contributed by atoms with E-state index in [4.69, 9.17) is 4.74 Å². The number of aliphatic hydroxyl groups is 1. The van der Waals surface area contributed by atoms with E-state index in [0.717, 1.165) is 33.8 Å². The Bertz CT molecular complexity index is 605. The van der Waals surface area contributed by atoms with Gasteiger partial charge in [-0.2, -0.15) is 0 Å². The number of methoxy groups -OCH3 is 1. The molecular weight excluding hydrogens is 280 g/mol. The lowest BCUT2D eigenvalue weighted by Gasteiger charge is -2.17. The first-order chi connectivity index (χ1) is 10.1. The van der Waals surface area contributed by atoms with Crippen LogP contribution in [0.15, 0.2) is 41.3 Å². The van der Waals surface area contributed by atoms with Gasteiger partial charge >= 0.3 is 0 Å². The molecule has 0 aliphatic carbocycles. The summed E-state index contributed by atoms with van der Waals surface area (Å²) in [6.07, 6.45) is -0.602. The molecule has 0 heterocycles. The van der Waals surface area contributed by atoms with E-state index in [0.29, 0.717) is 0 Å². The van der Waals surface area contributed by atoms with Gasteiger partial charge in [-0.25, -0.2) is 0 Å². The van der Waals surface area contributed by atoms with Crippen molar-refractivity contribution in [2.75, 3.05) is 12.9 Å². The fourth-order valence-corrected chi connectivity index (χ4v) is 3.08. The standard InChI is InChI=1S/C18H22O2S/c1-5-21-15-8-6-14(7-9-15)18(19)16-10-13(3)17(20-4)11-12(16)2/h6-11,18-19H,5H2,1-4H3. The van der Waals surface area contributed by atoms with Gasteiger partial charge in [-0.1, -0.05) is 19.1 Å². The third kappa shape index (κ3) is 3.60. The molecule has 1 N–H and O–H groups in total. The number of benzene rings is 2. The lowest BCUT2D eigenvalue weighted by Crippen LogP contribution is -2.03. The summed E-state index contributed by atoms with van der Waals surface area (Å²) in [6, 6.07) is 12.1. The van der Waals surface area contributed by atoms with E-state index in [1.54, 1.807) is 18.9 Å². The van der Waals surface area contributed by atoms with Crippen molar-refractivity contribution in [3.63, 3.8) is 0 Å². The molecule has 2 aromatic carbocycles. The minimum atomic E-state index is -0.602. The zero-order valence-electron chi connectivity index (χ0n) is 13.0. The molecule has 21 heavy (non-hydrogen) atoms. The van der Waals surface area contributed by atoms with Crippen LogP contribution in [0.4, 0.5) is 0 Å². The molecule has 0 bridgehead atoms. The minimum absolute atomic E-state index is 0.602. The van der Waals surface area contributed by atoms with Gasteiger partial charge in [0.1, 0.15) is 11.9 Å². The average Bonchev–Trinajstić information content (AvgIpc) is 2.49. The Kier molecular flexibility index (Phi) is 5.32. The summed E-state index contributed by atoms with van der Waals surface area (Å²) in [5.74, 6) is 1.91. The van der Waals surface area contributed by atoms with Crippen LogP contribution in [0.5, 0.6) is 5.75 Å². The molecule has 0 aliphatic heterocycles. The predicted molar refractivity (Wildman–Crippen MR) is 89.4 cm³/mol. The van der Waals surface area contributed by atoms with Gasteiger partial charge in [0.25, 0.3) is 0 Å². The van der Waals surface area contributed by atoms with E-state index in [9.17, 15) is 5.11 Å². The molecule has 2 aromatic rings. The first-order valence-electron chi connectivity index (χ1n) is 7.12. The molecule has 0 saturated heterocycles. The molecule has 112 valence electrons. The average molecular weight is 302 g/mol. The van der Waals surface area contributed by atoms with Crippen molar-refractivity contribution < 1.29 is 9.84 Å². The van der Waals surface area contributed by atoms with Gasteiger partial charge in [0.05, 0.1) is 7.11 Å². The van der Waals surface area contributed by atoms with Crippen molar-refractivity contribution in [2.24, 2.45) is 0 Å².